The summed E-state index contributed by atoms with van der Waals surface area (Å²) in [5.74, 6) is 5.11. The summed E-state index contributed by atoms with van der Waals surface area (Å²) >= 11 is 0. The van der Waals surface area contributed by atoms with Crippen molar-refractivity contribution in [1.29, 1.82) is 0 Å². The van der Waals surface area contributed by atoms with Gasteiger partial charge in [0.2, 0.25) is 0 Å². The SMILES string of the molecule is C=C/C(C(=O)NCc1ccccc1)=C1/NC(c2ccoc2)=CC(=O)N1N. The maximum Gasteiger partial charge on any atom is 0.268 e. The van der Waals surface area contributed by atoms with Gasteiger partial charge < -0.3 is 15.1 Å². The number of benzene rings is 1. The van der Waals surface area contributed by atoms with Crippen LogP contribution in [0.15, 0.2) is 83.5 Å². The van der Waals surface area contributed by atoms with E-state index in [1.807, 2.05) is 30.3 Å². The lowest BCUT2D eigenvalue weighted by Gasteiger charge is -2.27. The lowest BCUT2D eigenvalue weighted by molar-refractivity contribution is -0.125. The average Bonchev–Trinajstić information content (AvgIpc) is 3.19. The van der Waals surface area contributed by atoms with Crippen molar-refractivity contribution in [3.8, 4) is 0 Å². The minimum absolute atomic E-state index is 0.147. The topological polar surface area (TPSA) is 101 Å². The third kappa shape index (κ3) is 3.57. The Morgan fingerprint density at radius 3 is 2.73 bits per heavy atom. The first-order chi connectivity index (χ1) is 12.6. The lowest BCUT2D eigenvalue weighted by Crippen LogP contribution is -2.46. The van der Waals surface area contributed by atoms with Crippen molar-refractivity contribution in [2.75, 3.05) is 0 Å². The van der Waals surface area contributed by atoms with Gasteiger partial charge in [0, 0.05) is 18.2 Å². The number of rotatable bonds is 5. The number of carbonyl (C=O) groups excluding carboxylic acids is 2. The Hall–Kier alpha value is -3.58. The summed E-state index contributed by atoms with van der Waals surface area (Å²) in [7, 11) is 0. The van der Waals surface area contributed by atoms with E-state index in [1.165, 1.54) is 24.7 Å². The van der Waals surface area contributed by atoms with E-state index in [0.29, 0.717) is 17.8 Å². The Labute approximate surface area is 150 Å². The third-order valence-corrected chi connectivity index (χ3v) is 3.83. The molecule has 2 aromatic rings. The van der Waals surface area contributed by atoms with Gasteiger partial charge in [-0.15, -0.1) is 0 Å². The zero-order valence-electron chi connectivity index (χ0n) is 13.9. The average molecular weight is 350 g/mol. The summed E-state index contributed by atoms with van der Waals surface area (Å²) in [6, 6.07) is 11.2. The van der Waals surface area contributed by atoms with E-state index in [4.69, 9.17) is 10.3 Å². The number of furan rings is 1. The Kier molecular flexibility index (Phi) is 5.00. The van der Waals surface area contributed by atoms with E-state index in [2.05, 4.69) is 17.2 Å². The number of nitrogens with two attached hydrogens (primary N) is 1. The standard InChI is InChI=1S/C19H18N4O3/c1-2-15(19(25)21-11-13-6-4-3-5-7-13)18-22-16(10-17(24)23(18)20)14-8-9-26-12-14/h2-10,12,22H,1,11,20H2,(H,21,25)/b18-15+. The van der Waals surface area contributed by atoms with Gasteiger partial charge in [0.05, 0.1) is 23.8 Å². The van der Waals surface area contributed by atoms with Crippen LogP contribution in [0.3, 0.4) is 0 Å². The zero-order chi connectivity index (χ0) is 18.5. The number of amides is 2. The van der Waals surface area contributed by atoms with Crippen molar-refractivity contribution < 1.29 is 14.0 Å². The third-order valence-electron chi connectivity index (χ3n) is 3.83. The summed E-state index contributed by atoms with van der Waals surface area (Å²) in [5.41, 5.74) is 2.25. The molecule has 1 aromatic heterocycles. The molecule has 1 aromatic carbocycles. The van der Waals surface area contributed by atoms with Crippen LogP contribution < -0.4 is 16.5 Å². The summed E-state index contributed by atoms with van der Waals surface area (Å²) in [6.07, 6.45) is 5.66. The maximum absolute atomic E-state index is 12.6. The normalized spacial score (nSPS) is 15.8. The van der Waals surface area contributed by atoms with Gasteiger partial charge >= 0.3 is 0 Å². The molecule has 2 heterocycles. The molecule has 4 N–H and O–H groups in total. The van der Waals surface area contributed by atoms with Gasteiger partial charge in [0.25, 0.3) is 11.8 Å². The first kappa shape index (κ1) is 17.2. The van der Waals surface area contributed by atoms with Gasteiger partial charge in [-0.1, -0.05) is 43.0 Å². The molecule has 0 bridgehead atoms. The lowest BCUT2D eigenvalue weighted by atomic mass is 10.1. The van der Waals surface area contributed by atoms with Crippen LogP contribution in [0.25, 0.3) is 5.70 Å². The molecule has 132 valence electrons. The van der Waals surface area contributed by atoms with Crippen LogP contribution in [-0.2, 0) is 16.1 Å². The molecule has 0 spiro atoms. The number of hydrogen-bond acceptors (Lipinski definition) is 5. The Morgan fingerprint density at radius 2 is 2.08 bits per heavy atom. The fourth-order valence-corrected chi connectivity index (χ4v) is 2.47. The van der Waals surface area contributed by atoms with Crippen molar-refractivity contribution in [2.45, 2.75) is 6.54 Å². The molecule has 3 rings (SSSR count). The van der Waals surface area contributed by atoms with Crippen LogP contribution in [-0.4, -0.2) is 16.8 Å². The summed E-state index contributed by atoms with van der Waals surface area (Å²) in [6.45, 7) is 4.01. The van der Waals surface area contributed by atoms with E-state index in [9.17, 15) is 9.59 Å². The van der Waals surface area contributed by atoms with Gasteiger partial charge in [-0.3, -0.25) is 9.59 Å². The van der Waals surface area contributed by atoms with E-state index in [-0.39, 0.29) is 11.4 Å². The molecule has 7 heteroatoms. The molecule has 0 saturated carbocycles. The molecule has 1 aliphatic rings. The van der Waals surface area contributed by atoms with E-state index < -0.39 is 11.8 Å². The molecule has 1 aliphatic heterocycles. The fourth-order valence-electron chi connectivity index (χ4n) is 2.47. The monoisotopic (exact) mass is 350 g/mol. The molecule has 7 nitrogen and oxygen atoms in total. The smallest absolute Gasteiger partial charge is 0.268 e. The summed E-state index contributed by atoms with van der Waals surface area (Å²) in [4.78, 5) is 24.8. The molecule has 0 fully saturated rings. The second-order valence-corrected chi connectivity index (χ2v) is 5.54. The Bertz CT molecular complexity index is 883. The van der Waals surface area contributed by atoms with E-state index >= 15 is 0 Å². The molecule has 26 heavy (non-hydrogen) atoms. The summed E-state index contributed by atoms with van der Waals surface area (Å²) < 4.78 is 5.03. The van der Waals surface area contributed by atoms with Crippen LogP contribution in [0.2, 0.25) is 0 Å². The van der Waals surface area contributed by atoms with Gasteiger partial charge in [-0.25, -0.2) is 10.9 Å². The van der Waals surface area contributed by atoms with Gasteiger partial charge in [0.15, 0.2) is 0 Å². The highest BCUT2D eigenvalue weighted by molar-refractivity contribution is 6.02. The molecule has 2 amide bonds. The highest BCUT2D eigenvalue weighted by Gasteiger charge is 2.26. The van der Waals surface area contributed by atoms with Gasteiger partial charge in [-0.2, -0.15) is 0 Å². The van der Waals surface area contributed by atoms with Crippen molar-refractivity contribution in [1.82, 2.24) is 15.6 Å². The van der Waals surface area contributed by atoms with Crippen molar-refractivity contribution >= 4 is 17.5 Å². The molecular formula is C19H18N4O3. The Balaban J connectivity index is 1.84. The first-order valence-electron chi connectivity index (χ1n) is 7.89. The van der Waals surface area contributed by atoms with Crippen molar-refractivity contribution in [3.63, 3.8) is 0 Å². The highest BCUT2D eigenvalue weighted by Crippen LogP contribution is 2.21. The van der Waals surface area contributed by atoms with Crippen LogP contribution in [0, 0.1) is 0 Å². The quantitative estimate of drug-likeness (QED) is 0.432. The number of nitrogens with one attached hydrogen (secondary N) is 2. The number of hydrogen-bond donors (Lipinski definition) is 3. The predicted molar refractivity (Wildman–Crippen MR) is 96.4 cm³/mol. The molecule has 0 saturated heterocycles. The van der Waals surface area contributed by atoms with Crippen LogP contribution >= 0.6 is 0 Å². The van der Waals surface area contributed by atoms with Crippen LogP contribution in [0.1, 0.15) is 11.1 Å². The molecule has 0 atom stereocenters. The molecule has 0 radical (unpaired) electrons. The zero-order valence-corrected chi connectivity index (χ0v) is 13.9. The minimum Gasteiger partial charge on any atom is -0.472 e. The van der Waals surface area contributed by atoms with Crippen molar-refractivity contribution in [3.05, 3.63) is 90.2 Å². The number of nitrogens with zero attached hydrogens (tertiary/aromatic N) is 1. The summed E-state index contributed by atoms with van der Waals surface area (Å²) in [5, 5.41) is 6.67. The van der Waals surface area contributed by atoms with E-state index in [1.54, 1.807) is 6.07 Å². The largest absolute Gasteiger partial charge is 0.472 e. The molecule has 0 aliphatic carbocycles. The Morgan fingerprint density at radius 1 is 1.31 bits per heavy atom. The number of carbonyl (C=O) groups is 2. The van der Waals surface area contributed by atoms with Crippen molar-refractivity contribution in [2.24, 2.45) is 5.84 Å². The maximum atomic E-state index is 12.6. The molecular weight excluding hydrogens is 332 g/mol. The first-order valence-corrected chi connectivity index (χ1v) is 7.89. The number of hydrazine groups is 1. The van der Waals surface area contributed by atoms with E-state index in [0.717, 1.165) is 10.6 Å². The molecule has 0 unspecified atom stereocenters. The predicted octanol–water partition coefficient (Wildman–Crippen LogP) is 1.64. The van der Waals surface area contributed by atoms with Crippen LogP contribution in [0.4, 0.5) is 0 Å². The van der Waals surface area contributed by atoms with Crippen LogP contribution in [0.5, 0.6) is 0 Å². The second kappa shape index (κ2) is 7.54. The highest BCUT2D eigenvalue weighted by atomic mass is 16.3. The second-order valence-electron chi connectivity index (χ2n) is 5.54. The fraction of sp³-hybridized carbons (Fsp3) is 0.0526. The minimum atomic E-state index is -0.467. The van der Waals surface area contributed by atoms with Gasteiger partial charge in [0.1, 0.15) is 5.82 Å². The van der Waals surface area contributed by atoms with Gasteiger partial charge in [-0.05, 0) is 11.6 Å².